The lowest BCUT2D eigenvalue weighted by Crippen LogP contribution is -2.24. The fourth-order valence-corrected chi connectivity index (χ4v) is 5.83. The van der Waals surface area contributed by atoms with Gasteiger partial charge in [0.2, 0.25) is 11.8 Å². The van der Waals surface area contributed by atoms with Crippen LogP contribution in [0.4, 0.5) is 11.4 Å². The topological polar surface area (TPSA) is 85.8 Å². The van der Waals surface area contributed by atoms with E-state index in [-0.39, 0.29) is 5.56 Å². The molecule has 0 bridgehead atoms. The van der Waals surface area contributed by atoms with Gasteiger partial charge in [0.05, 0.1) is 42.9 Å². The van der Waals surface area contributed by atoms with E-state index >= 15 is 0 Å². The maximum atomic E-state index is 14.0. The van der Waals surface area contributed by atoms with Crippen LogP contribution in [0, 0.1) is 0 Å². The summed E-state index contributed by atoms with van der Waals surface area (Å²) in [6, 6.07) is 35.1. The summed E-state index contributed by atoms with van der Waals surface area (Å²) in [6.07, 6.45) is 0.345. The van der Waals surface area contributed by atoms with Crippen molar-refractivity contribution in [1.82, 2.24) is 19.7 Å². The molecule has 0 spiro atoms. The van der Waals surface area contributed by atoms with Crippen LogP contribution in [0.15, 0.2) is 124 Å². The number of hydrogen-bond donors (Lipinski definition) is 1. The SMILES string of the molecule is O=c1c2ccccc2nc(Cc2ccccc2Nc2c(Cl)cccc2Cl)n1-c1ccc(-c2nnc(-c3ccccc3Cl)o2)cc1. The van der Waals surface area contributed by atoms with E-state index in [2.05, 4.69) is 15.5 Å². The molecule has 0 amide bonds. The number of hydrogen-bond acceptors (Lipinski definition) is 6. The van der Waals surface area contributed by atoms with Gasteiger partial charge in [0.1, 0.15) is 5.82 Å². The second kappa shape index (κ2) is 12.2. The van der Waals surface area contributed by atoms with Gasteiger partial charge in [-0.3, -0.25) is 9.36 Å². The predicted octanol–water partition coefficient (Wildman–Crippen LogP) is 9.40. The van der Waals surface area contributed by atoms with Gasteiger partial charge in [0.15, 0.2) is 0 Å². The number of benzene rings is 5. The largest absolute Gasteiger partial charge is 0.416 e. The molecule has 0 saturated carbocycles. The molecule has 1 N–H and O–H groups in total. The quantitative estimate of drug-likeness (QED) is 0.185. The van der Waals surface area contributed by atoms with E-state index < -0.39 is 0 Å². The first-order chi connectivity index (χ1) is 22.0. The number of anilines is 2. The van der Waals surface area contributed by atoms with E-state index in [1.54, 1.807) is 34.9 Å². The first-order valence-electron chi connectivity index (χ1n) is 13.9. The molecule has 220 valence electrons. The Morgan fingerprint density at radius 1 is 0.689 bits per heavy atom. The zero-order valence-corrected chi connectivity index (χ0v) is 25.7. The molecule has 10 heteroatoms. The van der Waals surface area contributed by atoms with Crippen molar-refractivity contribution in [2.24, 2.45) is 0 Å². The van der Waals surface area contributed by atoms with Gasteiger partial charge in [-0.2, -0.15) is 0 Å². The lowest BCUT2D eigenvalue weighted by molar-refractivity contribution is 0.584. The molecule has 0 aliphatic rings. The molecular weight excluding hydrogens is 629 g/mol. The van der Waals surface area contributed by atoms with Crippen LogP contribution in [0.3, 0.4) is 0 Å². The van der Waals surface area contributed by atoms with Crippen molar-refractivity contribution in [3.05, 3.63) is 152 Å². The molecule has 7 nitrogen and oxygen atoms in total. The smallest absolute Gasteiger partial charge is 0.265 e. The number of rotatable bonds is 7. The Labute approximate surface area is 272 Å². The second-order valence-electron chi connectivity index (χ2n) is 10.2. The summed E-state index contributed by atoms with van der Waals surface area (Å²) >= 11 is 19.2. The Kier molecular flexibility index (Phi) is 7.81. The van der Waals surface area contributed by atoms with Crippen molar-refractivity contribution in [3.8, 4) is 28.6 Å². The molecule has 2 heterocycles. The van der Waals surface area contributed by atoms with Crippen molar-refractivity contribution in [3.63, 3.8) is 0 Å². The minimum absolute atomic E-state index is 0.179. The predicted molar refractivity (Wildman–Crippen MR) is 180 cm³/mol. The molecule has 0 aliphatic heterocycles. The Bertz CT molecular complexity index is 2230. The number of para-hydroxylation sites is 3. The van der Waals surface area contributed by atoms with Gasteiger partial charge in [-0.25, -0.2) is 4.98 Å². The second-order valence-corrected chi connectivity index (χ2v) is 11.4. The maximum absolute atomic E-state index is 14.0. The summed E-state index contributed by atoms with van der Waals surface area (Å²) < 4.78 is 7.57. The fourth-order valence-electron chi connectivity index (χ4n) is 5.12. The molecule has 0 aliphatic carbocycles. The first kappa shape index (κ1) is 28.8. The Morgan fingerprint density at radius 3 is 2.16 bits per heavy atom. The van der Waals surface area contributed by atoms with Crippen molar-refractivity contribution in [2.45, 2.75) is 6.42 Å². The molecule has 2 aromatic heterocycles. The third-order valence-electron chi connectivity index (χ3n) is 7.34. The number of fused-ring (bicyclic) bond motifs is 1. The van der Waals surface area contributed by atoms with E-state index in [0.717, 1.165) is 11.3 Å². The molecule has 0 atom stereocenters. The van der Waals surface area contributed by atoms with Crippen LogP contribution in [-0.4, -0.2) is 19.7 Å². The summed E-state index contributed by atoms with van der Waals surface area (Å²) in [5, 5.41) is 13.8. The molecule has 0 fully saturated rings. The normalized spacial score (nSPS) is 11.2. The maximum Gasteiger partial charge on any atom is 0.265 e. The number of halogens is 3. The van der Waals surface area contributed by atoms with Gasteiger partial charge >= 0.3 is 0 Å². The van der Waals surface area contributed by atoms with Crippen molar-refractivity contribution in [1.29, 1.82) is 0 Å². The van der Waals surface area contributed by atoms with Gasteiger partial charge in [0.25, 0.3) is 5.56 Å². The Balaban J connectivity index is 1.28. The van der Waals surface area contributed by atoms with E-state index in [4.69, 9.17) is 44.2 Å². The molecule has 5 aromatic carbocycles. The molecular formula is C35H22Cl3N5O2. The number of aromatic nitrogens is 4. The highest BCUT2D eigenvalue weighted by molar-refractivity contribution is 6.39. The summed E-state index contributed by atoms with van der Waals surface area (Å²) in [7, 11) is 0. The molecule has 0 saturated heterocycles. The highest BCUT2D eigenvalue weighted by Gasteiger charge is 2.17. The lowest BCUT2D eigenvalue weighted by atomic mass is 10.1. The molecule has 7 aromatic rings. The van der Waals surface area contributed by atoms with Crippen molar-refractivity contribution < 1.29 is 4.42 Å². The standard InChI is InChI=1S/C35H22Cl3N5O2/c36-26-11-4-2-9-24(26)34-42-41-33(45-34)21-16-18-23(19-17-21)43-31(39-30-15-6-3-10-25(30)35(43)44)20-22-8-1-5-14-29(22)40-32-27(37)12-7-13-28(32)38/h1-19,40H,20H2. The van der Waals surface area contributed by atoms with E-state index in [1.807, 2.05) is 84.9 Å². The summed E-state index contributed by atoms with van der Waals surface area (Å²) in [4.78, 5) is 18.9. The highest BCUT2D eigenvalue weighted by Crippen LogP contribution is 2.34. The molecule has 45 heavy (non-hydrogen) atoms. The van der Waals surface area contributed by atoms with Gasteiger partial charge in [0, 0.05) is 17.7 Å². The monoisotopic (exact) mass is 649 g/mol. The Hall–Kier alpha value is -4.95. The van der Waals surface area contributed by atoms with E-state index in [0.29, 0.717) is 72.5 Å². The van der Waals surface area contributed by atoms with Gasteiger partial charge < -0.3 is 9.73 Å². The van der Waals surface area contributed by atoms with Crippen molar-refractivity contribution in [2.75, 3.05) is 5.32 Å². The van der Waals surface area contributed by atoms with E-state index in [1.165, 1.54) is 0 Å². The van der Waals surface area contributed by atoms with Gasteiger partial charge in [-0.05, 0) is 72.3 Å². The van der Waals surface area contributed by atoms with Crippen LogP contribution in [0.1, 0.15) is 11.4 Å². The summed E-state index contributed by atoms with van der Waals surface area (Å²) in [6.45, 7) is 0. The van der Waals surface area contributed by atoms with Crippen LogP contribution < -0.4 is 10.9 Å². The minimum Gasteiger partial charge on any atom is -0.416 e. The lowest BCUT2D eigenvalue weighted by Gasteiger charge is -2.17. The van der Waals surface area contributed by atoms with Crippen LogP contribution in [0.2, 0.25) is 15.1 Å². The van der Waals surface area contributed by atoms with Crippen molar-refractivity contribution >= 4 is 57.1 Å². The highest BCUT2D eigenvalue weighted by atomic mass is 35.5. The first-order valence-corrected chi connectivity index (χ1v) is 15.1. The summed E-state index contributed by atoms with van der Waals surface area (Å²) in [5.41, 5.74) is 4.72. The van der Waals surface area contributed by atoms with E-state index in [9.17, 15) is 4.79 Å². The molecule has 0 radical (unpaired) electrons. The molecule has 7 rings (SSSR count). The van der Waals surface area contributed by atoms with Crippen LogP contribution in [-0.2, 0) is 6.42 Å². The number of nitrogens with one attached hydrogen (secondary N) is 1. The average molecular weight is 651 g/mol. The Morgan fingerprint density at radius 2 is 1.36 bits per heavy atom. The van der Waals surface area contributed by atoms with Gasteiger partial charge in [-0.1, -0.05) is 83.3 Å². The van der Waals surface area contributed by atoms with Crippen LogP contribution >= 0.6 is 34.8 Å². The molecule has 0 unspecified atom stereocenters. The van der Waals surface area contributed by atoms with Gasteiger partial charge in [-0.15, -0.1) is 10.2 Å². The van der Waals surface area contributed by atoms with Crippen LogP contribution in [0.5, 0.6) is 0 Å². The third kappa shape index (κ3) is 5.69. The third-order valence-corrected chi connectivity index (χ3v) is 8.29. The zero-order valence-electron chi connectivity index (χ0n) is 23.4. The zero-order chi connectivity index (χ0) is 30.9. The van der Waals surface area contributed by atoms with Crippen LogP contribution in [0.25, 0.3) is 39.5 Å². The minimum atomic E-state index is -0.179. The average Bonchev–Trinajstić information content (AvgIpc) is 3.54. The summed E-state index contributed by atoms with van der Waals surface area (Å²) in [5.74, 6) is 1.21. The number of nitrogens with zero attached hydrogens (tertiary/aromatic N) is 4. The fraction of sp³-hybridized carbons (Fsp3) is 0.0286.